The first-order valence-corrected chi connectivity index (χ1v) is 7.63. The number of ether oxygens (including phenoxy) is 1. The molecule has 0 fully saturated rings. The van der Waals surface area contributed by atoms with Crippen LogP contribution in [0.15, 0.2) is 12.2 Å². The van der Waals surface area contributed by atoms with Crippen molar-refractivity contribution in [2.45, 2.75) is 52.2 Å². The van der Waals surface area contributed by atoms with Gasteiger partial charge in [-0.05, 0) is 32.2 Å². The highest BCUT2D eigenvalue weighted by Crippen LogP contribution is 2.03. The third-order valence-corrected chi connectivity index (χ3v) is 3.88. The molecule has 0 aromatic carbocycles. The van der Waals surface area contributed by atoms with Gasteiger partial charge in [0.1, 0.15) is 0 Å². The lowest BCUT2D eigenvalue weighted by Gasteiger charge is -2.13. The average Bonchev–Trinajstić information content (AvgIpc) is 2.27. The number of hydrogen-bond donors (Lipinski definition) is 0. The highest BCUT2D eigenvalue weighted by molar-refractivity contribution is 6.27. The Bertz CT molecular complexity index is 212. The molecule has 0 N–H and O–H groups in total. The SMILES string of the molecule is C=C(C)C(=O)OCCC[SiH2]OC(CC)CC. The smallest absolute Gasteiger partial charge is 0.333 e. The molecule has 0 heterocycles. The molecule has 0 aromatic rings. The summed E-state index contributed by atoms with van der Waals surface area (Å²) in [4.78, 5) is 11.0. The van der Waals surface area contributed by atoms with Gasteiger partial charge in [0.05, 0.1) is 6.61 Å². The Hall–Kier alpha value is -0.613. The Labute approximate surface area is 101 Å². The molecule has 0 unspecified atom stereocenters. The highest BCUT2D eigenvalue weighted by atomic mass is 28.2. The standard InChI is InChI=1S/C12H24O3Si/c1-5-11(6-2)15-16-9-7-8-14-12(13)10(3)4/h11H,3,5-9,16H2,1-2,4H3. The lowest BCUT2D eigenvalue weighted by atomic mass is 10.2. The molecule has 0 amide bonds. The van der Waals surface area contributed by atoms with Gasteiger partial charge in [0.25, 0.3) is 0 Å². The maximum absolute atomic E-state index is 11.0. The Morgan fingerprint density at radius 3 is 2.50 bits per heavy atom. The second kappa shape index (κ2) is 9.60. The Morgan fingerprint density at radius 2 is 2.00 bits per heavy atom. The quantitative estimate of drug-likeness (QED) is 0.270. The summed E-state index contributed by atoms with van der Waals surface area (Å²) in [5, 5.41) is 0. The first kappa shape index (κ1) is 15.4. The van der Waals surface area contributed by atoms with E-state index in [1.165, 1.54) is 0 Å². The predicted molar refractivity (Wildman–Crippen MR) is 69.2 cm³/mol. The van der Waals surface area contributed by atoms with E-state index in [9.17, 15) is 4.79 Å². The van der Waals surface area contributed by atoms with Crippen molar-refractivity contribution in [1.82, 2.24) is 0 Å². The van der Waals surface area contributed by atoms with Crippen molar-refractivity contribution >= 4 is 15.7 Å². The van der Waals surface area contributed by atoms with Crippen molar-refractivity contribution in [3.05, 3.63) is 12.2 Å². The van der Waals surface area contributed by atoms with Crippen LogP contribution in [0.1, 0.15) is 40.0 Å². The second-order valence-electron chi connectivity index (χ2n) is 3.93. The maximum Gasteiger partial charge on any atom is 0.333 e. The number of carbonyl (C=O) groups excluding carboxylic acids is 1. The molecule has 0 aromatic heterocycles. The van der Waals surface area contributed by atoms with Gasteiger partial charge in [0, 0.05) is 11.7 Å². The topological polar surface area (TPSA) is 35.5 Å². The molecular weight excluding hydrogens is 220 g/mol. The molecule has 0 saturated carbocycles. The fraction of sp³-hybridized carbons (Fsp3) is 0.750. The minimum atomic E-state index is -0.436. The molecule has 0 atom stereocenters. The summed E-state index contributed by atoms with van der Waals surface area (Å²) in [6.45, 7) is 9.98. The summed E-state index contributed by atoms with van der Waals surface area (Å²) >= 11 is 0. The van der Waals surface area contributed by atoms with Crippen LogP contribution in [0, 0.1) is 0 Å². The van der Waals surface area contributed by atoms with Gasteiger partial charge in [-0.2, -0.15) is 0 Å². The van der Waals surface area contributed by atoms with Crippen molar-refractivity contribution in [3.63, 3.8) is 0 Å². The van der Waals surface area contributed by atoms with Gasteiger partial charge in [-0.15, -0.1) is 0 Å². The monoisotopic (exact) mass is 244 g/mol. The van der Waals surface area contributed by atoms with Crippen LogP contribution in [0.5, 0.6) is 0 Å². The van der Waals surface area contributed by atoms with Gasteiger partial charge in [-0.1, -0.05) is 20.4 Å². The summed E-state index contributed by atoms with van der Waals surface area (Å²) in [5.41, 5.74) is 0.463. The van der Waals surface area contributed by atoms with E-state index in [0.717, 1.165) is 25.3 Å². The number of esters is 1. The highest BCUT2D eigenvalue weighted by Gasteiger charge is 2.04. The summed E-state index contributed by atoms with van der Waals surface area (Å²) in [7, 11) is -0.436. The zero-order chi connectivity index (χ0) is 12.4. The van der Waals surface area contributed by atoms with E-state index in [0.29, 0.717) is 18.3 Å². The lowest BCUT2D eigenvalue weighted by Crippen LogP contribution is -2.14. The molecule has 16 heavy (non-hydrogen) atoms. The fourth-order valence-electron chi connectivity index (χ4n) is 1.27. The normalized spacial score (nSPS) is 11.2. The van der Waals surface area contributed by atoms with Gasteiger partial charge in [-0.3, -0.25) is 0 Å². The molecule has 0 spiro atoms. The number of rotatable bonds is 9. The van der Waals surface area contributed by atoms with Gasteiger partial charge in [0.15, 0.2) is 9.76 Å². The van der Waals surface area contributed by atoms with Crippen molar-refractivity contribution < 1.29 is 14.0 Å². The third kappa shape index (κ3) is 7.65. The molecule has 0 bridgehead atoms. The summed E-state index contributed by atoms with van der Waals surface area (Å²) < 4.78 is 10.8. The molecule has 0 rings (SSSR count). The van der Waals surface area contributed by atoms with Gasteiger partial charge in [-0.25, -0.2) is 4.79 Å². The van der Waals surface area contributed by atoms with Crippen LogP contribution in [0.3, 0.4) is 0 Å². The first-order valence-electron chi connectivity index (χ1n) is 6.06. The fourth-order valence-corrected chi connectivity index (χ4v) is 2.65. The van der Waals surface area contributed by atoms with Crippen molar-refractivity contribution in [3.8, 4) is 0 Å². The van der Waals surface area contributed by atoms with E-state index >= 15 is 0 Å². The third-order valence-electron chi connectivity index (χ3n) is 2.38. The number of carbonyl (C=O) groups is 1. The molecule has 3 nitrogen and oxygen atoms in total. The molecule has 4 heteroatoms. The van der Waals surface area contributed by atoms with Crippen LogP contribution >= 0.6 is 0 Å². The molecule has 0 saturated heterocycles. The molecule has 0 aliphatic heterocycles. The molecule has 0 aliphatic rings. The van der Waals surface area contributed by atoms with Crippen molar-refractivity contribution in [2.24, 2.45) is 0 Å². The first-order chi connectivity index (χ1) is 7.61. The van der Waals surface area contributed by atoms with Gasteiger partial charge >= 0.3 is 5.97 Å². The minimum absolute atomic E-state index is 0.289. The zero-order valence-electron chi connectivity index (χ0n) is 10.8. The van der Waals surface area contributed by atoms with E-state index in [4.69, 9.17) is 9.16 Å². The predicted octanol–water partition coefficient (Wildman–Crippen LogP) is 2.20. The zero-order valence-corrected chi connectivity index (χ0v) is 12.2. The molecule has 94 valence electrons. The van der Waals surface area contributed by atoms with E-state index in [2.05, 4.69) is 20.4 Å². The van der Waals surface area contributed by atoms with Crippen LogP contribution in [-0.4, -0.2) is 28.4 Å². The van der Waals surface area contributed by atoms with Crippen LogP contribution in [-0.2, 0) is 14.0 Å². The molecular formula is C12H24O3Si. The number of hydrogen-bond acceptors (Lipinski definition) is 3. The van der Waals surface area contributed by atoms with E-state index in [-0.39, 0.29) is 5.97 Å². The Morgan fingerprint density at radius 1 is 1.38 bits per heavy atom. The van der Waals surface area contributed by atoms with Crippen LogP contribution < -0.4 is 0 Å². The van der Waals surface area contributed by atoms with Crippen LogP contribution in [0.25, 0.3) is 0 Å². The lowest BCUT2D eigenvalue weighted by molar-refractivity contribution is -0.138. The minimum Gasteiger partial charge on any atom is -0.462 e. The summed E-state index contributed by atoms with van der Waals surface area (Å²) in [5.74, 6) is -0.289. The average molecular weight is 244 g/mol. The van der Waals surface area contributed by atoms with E-state index in [1.54, 1.807) is 6.92 Å². The van der Waals surface area contributed by atoms with Crippen molar-refractivity contribution in [1.29, 1.82) is 0 Å². The largest absolute Gasteiger partial charge is 0.462 e. The summed E-state index contributed by atoms with van der Waals surface area (Å²) in [6, 6.07) is 1.07. The maximum atomic E-state index is 11.0. The van der Waals surface area contributed by atoms with Gasteiger partial charge < -0.3 is 9.16 Å². The van der Waals surface area contributed by atoms with Crippen LogP contribution in [0.2, 0.25) is 6.04 Å². The Balaban J connectivity index is 3.34. The van der Waals surface area contributed by atoms with Gasteiger partial charge in [0.2, 0.25) is 0 Å². The second-order valence-corrected chi connectivity index (χ2v) is 5.38. The summed E-state index contributed by atoms with van der Waals surface area (Å²) in [6.07, 6.45) is 3.53. The molecule has 0 radical (unpaired) electrons. The van der Waals surface area contributed by atoms with Crippen LogP contribution in [0.4, 0.5) is 0 Å². The van der Waals surface area contributed by atoms with E-state index in [1.807, 2.05) is 0 Å². The van der Waals surface area contributed by atoms with Crippen molar-refractivity contribution in [2.75, 3.05) is 6.61 Å². The Kier molecular flexibility index (Phi) is 9.23. The molecule has 0 aliphatic carbocycles. The van der Waals surface area contributed by atoms with E-state index < -0.39 is 9.76 Å².